The van der Waals surface area contributed by atoms with Crippen molar-refractivity contribution in [2.45, 2.75) is 47.5 Å². The first kappa shape index (κ1) is 21.8. The lowest BCUT2D eigenvalue weighted by atomic mass is 10.1. The predicted molar refractivity (Wildman–Crippen MR) is 126 cm³/mol. The zero-order chi connectivity index (χ0) is 21.7. The average molecular weight is 425 g/mol. The van der Waals surface area contributed by atoms with Gasteiger partial charge in [0.25, 0.3) is 5.91 Å². The molecule has 0 aliphatic carbocycles. The highest BCUT2D eigenvalue weighted by atomic mass is 32.1. The number of carbonyl (C=O) groups excluding carboxylic acids is 1. The molecule has 2 N–H and O–H groups in total. The van der Waals surface area contributed by atoms with Gasteiger partial charge in [0.1, 0.15) is 5.75 Å². The lowest BCUT2D eigenvalue weighted by Gasteiger charge is -2.13. The Kier molecular flexibility index (Phi) is 7.05. The third-order valence-electron chi connectivity index (χ3n) is 4.78. The van der Waals surface area contributed by atoms with Crippen LogP contribution in [0.25, 0.3) is 10.2 Å². The molecule has 1 amide bonds. The average Bonchev–Trinajstić information content (AvgIpc) is 3.16. The predicted octanol–water partition coefficient (Wildman–Crippen LogP) is 6.15. The summed E-state index contributed by atoms with van der Waals surface area (Å²) in [5.74, 6) is 0.544. The number of nitrogens with one attached hydrogen (secondary N) is 2. The van der Waals surface area contributed by atoms with Crippen molar-refractivity contribution in [3.05, 3.63) is 47.0 Å². The summed E-state index contributed by atoms with van der Waals surface area (Å²) in [6, 6.07) is 9.26. The minimum Gasteiger partial charge on any atom is -0.494 e. The van der Waals surface area contributed by atoms with Gasteiger partial charge in [-0.1, -0.05) is 31.3 Å². The number of hydrogen-bond donors (Lipinski definition) is 2. The standard InChI is InChI=1S/C23H28N4O2S/c1-6-11-29-18-10-8-9-17(13-18)22(28)25-20-14(3)12-19-21(16(20)5)30-23(24-19)27-26-15(4)7-2/h8-10,12-13H,6-7,11H2,1-5H3,(H,24,27)(H,25,28)/b26-15+. The summed E-state index contributed by atoms with van der Waals surface area (Å²) >= 11 is 1.53. The zero-order valence-electron chi connectivity index (χ0n) is 18.1. The fourth-order valence-electron chi connectivity index (χ4n) is 2.98. The van der Waals surface area contributed by atoms with Crippen LogP contribution in [0, 0.1) is 13.8 Å². The van der Waals surface area contributed by atoms with Gasteiger partial charge in [-0.3, -0.25) is 10.2 Å². The van der Waals surface area contributed by atoms with Crippen LogP contribution < -0.4 is 15.5 Å². The molecule has 0 saturated carbocycles. The number of hydrazone groups is 1. The Hall–Kier alpha value is -2.93. The number of benzene rings is 2. The van der Waals surface area contributed by atoms with Gasteiger partial charge >= 0.3 is 0 Å². The smallest absolute Gasteiger partial charge is 0.255 e. The molecule has 0 spiro atoms. The van der Waals surface area contributed by atoms with E-state index in [4.69, 9.17) is 4.74 Å². The van der Waals surface area contributed by atoms with Crippen LogP contribution in [0.5, 0.6) is 5.75 Å². The molecule has 7 heteroatoms. The molecule has 0 atom stereocenters. The first-order valence-electron chi connectivity index (χ1n) is 10.2. The van der Waals surface area contributed by atoms with Gasteiger partial charge < -0.3 is 10.1 Å². The van der Waals surface area contributed by atoms with Gasteiger partial charge in [-0.25, -0.2) is 4.98 Å². The van der Waals surface area contributed by atoms with Crippen LogP contribution in [0.1, 0.15) is 55.1 Å². The molecule has 0 fully saturated rings. The molecule has 0 bridgehead atoms. The van der Waals surface area contributed by atoms with Gasteiger partial charge in [-0.2, -0.15) is 5.10 Å². The Morgan fingerprint density at radius 1 is 1.23 bits per heavy atom. The normalized spacial score (nSPS) is 11.6. The lowest BCUT2D eigenvalue weighted by molar-refractivity contribution is 0.102. The van der Waals surface area contributed by atoms with Crippen molar-refractivity contribution in [2.75, 3.05) is 17.3 Å². The number of fused-ring (bicyclic) bond motifs is 1. The van der Waals surface area contributed by atoms with Crippen molar-refractivity contribution in [1.29, 1.82) is 0 Å². The number of ether oxygens (including phenoxy) is 1. The maximum absolute atomic E-state index is 12.9. The van der Waals surface area contributed by atoms with E-state index < -0.39 is 0 Å². The highest BCUT2D eigenvalue weighted by Crippen LogP contribution is 2.35. The first-order valence-corrected chi connectivity index (χ1v) is 11.0. The molecule has 30 heavy (non-hydrogen) atoms. The zero-order valence-corrected chi connectivity index (χ0v) is 18.9. The van der Waals surface area contributed by atoms with Crippen LogP contribution in [0.4, 0.5) is 10.8 Å². The fourth-order valence-corrected chi connectivity index (χ4v) is 3.87. The molecule has 6 nitrogen and oxygen atoms in total. The maximum Gasteiger partial charge on any atom is 0.255 e. The van der Waals surface area contributed by atoms with E-state index in [-0.39, 0.29) is 5.91 Å². The number of anilines is 2. The third-order valence-corrected chi connectivity index (χ3v) is 5.87. The highest BCUT2D eigenvalue weighted by molar-refractivity contribution is 7.22. The van der Waals surface area contributed by atoms with Crippen LogP contribution in [-0.2, 0) is 0 Å². The fraction of sp³-hybridized carbons (Fsp3) is 0.348. The number of aromatic nitrogens is 1. The molecule has 0 unspecified atom stereocenters. The van der Waals surface area contributed by atoms with Gasteiger partial charge in [-0.15, -0.1) is 0 Å². The Morgan fingerprint density at radius 3 is 2.77 bits per heavy atom. The Bertz CT molecular complexity index is 1090. The van der Waals surface area contributed by atoms with E-state index in [0.29, 0.717) is 17.9 Å². The maximum atomic E-state index is 12.9. The quantitative estimate of drug-likeness (QED) is 0.336. The number of hydrogen-bond acceptors (Lipinski definition) is 6. The van der Waals surface area contributed by atoms with Gasteiger partial charge in [0, 0.05) is 17.0 Å². The van der Waals surface area contributed by atoms with Gasteiger partial charge in [0.15, 0.2) is 0 Å². The van der Waals surface area contributed by atoms with Gasteiger partial charge in [0.05, 0.1) is 16.8 Å². The van der Waals surface area contributed by atoms with Crippen LogP contribution in [0.15, 0.2) is 35.4 Å². The summed E-state index contributed by atoms with van der Waals surface area (Å²) in [4.78, 5) is 17.5. The molecule has 1 heterocycles. The largest absolute Gasteiger partial charge is 0.494 e. The van der Waals surface area contributed by atoms with Crippen LogP contribution in [-0.4, -0.2) is 23.2 Å². The van der Waals surface area contributed by atoms with Gasteiger partial charge in [0.2, 0.25) is 5.13 Å². The molecule has 158 valence electrons. The summed E-state index contributed by atoms with van der Waals surface area (Å²) in [6.45, 7) is 10.7. The molecule has 0 aliphatic rings. The van der Waals surface area contributed by atoms with E-state index in [1.807, 2.05) is 39.0 Å². The summed E-state index contributed by atoms with van der Waals surface area (Å²) in [6.07, 6.45) is 1.81. The lowest BCUT2D eigenvalue weighted by Crippen LogP contribution is -2.14. The summed E-state index contributed by atoms with van der Waals surface area (Å²) in [7, 11) is 0. The van der Waals surface area contributed by atoms with E-state index >= 15 is 0 Å². The summed E-state index contributed by atoms with van der Waals surface area (Å²) in [5, 5.41) is 8.15. The second-order valence-electron chi connectivity index (χ2n) is 7.20. The van der Waals surface area contributed by atoms with E-state index in [1.165, 1.54) is 11.3 Å². The second kappa shape index (κ2) is 9.71. The van der Waals surface area contributed by atoms with Crippen molar-refractivity contribution < 1.29 is 9.53 Å². The third kappa shape index (κ3) is 4.97. The highest BCUT2D eigenvalue weighted by Gasteiger charge is 2.16. The number of amides is 1. The topological polar surface area (TPSA) is 75.6 Å². The summed E-state index contributed by atoms with van der Waals surface area (Å²) in [5.41, 5.74) is 8.30. The van der Waals surface area contributed by atoms with E-state index in [0.717, 1.165) is 50.7 Å². The van der Waals surface area contributed by atoms with Crippen molar-refractivity contribution in [2.24, 2.45) is 5.10 Å². The molecule has 0 saturated heterocycles. The molecule has 1 aromatic heterocycles. The molecule has 3 rings (SSSR count). The van der Waals surface area contributed by atoms with Crippen molar-refractivity contribution >= 4 is 44.0 Å². The monoisotopic (exact) mass is 424 g/mol. The first-order chi connectivity index (χ1) is 14.4. The van der Waals surface area contributed by atoms with E-state index in [2.05, 4.69) is 34.7 Å². The Labute approximate surface area is 181 Å². The number of carbonyl (C=O) groups is 1. The molecule has 0 radical (unpaired) electrons. The van der Waals surface area contributed by atoms with Crippen molar-refractivity contribution in [1.82, 2.24) is 4.98 Å². The molecular weight excluding hydrogens is 396 g/mol. The number of aryl methyl sites for hydroxylation is 2. The molecular formula is C23H28N4O2S. The van der Waals surface area contributed by atoms with Crippen molar-refractivity contribution in [3.63, 3.8) is 0 Å². The van der Waals surface area contributed by atoms with Gasteiger partial charge in [-0.05, 0) is 69.0 Å². The summed E-state index contributed by atoms with van der Waals surface area (Å²) < 4.78 is 6.68. The van der Waals surface area contributed by atoms with E-state index in [9.17, 15) is 4.79 Å². The van der Waals surface area contributed by atoms with Crippen molar-refractivity contribution in [3.8, 4) is 5.75 Å². The minimum atomic E-state index is -0.159. The van der Waals surface area contributed by atoms with Crippen LogP contribution >= 0.6 is 11.3 Å². The number of nitrogens with zero attached hydrogens (tertiary/aromatic N) is 2. The Balaban J connectivity index is 1.86. The SMILES string of the molecule is CCCOc1cccc(C(=O)Nc2c(C)cc3nc(N/N=C(\C)CC)sc3c2C)c1. The van der Waals surface area contributed by atoms with Crippen LogP contribution in [0.3, 0.4) is 0 Å². The Morgan fingerprint density at radius 2 is 2.03 bits per heavy atom. The van der Waals surface area contributed by atoms with Crippen LogP contribution in [0.2, 0.25) is 0 Å². The molecule has 3 aromatic rings. The minimum absolute atomic E-state index is 0.159. The molecule has 0 aliphatic heterocycles. The number of rotatable bonds is 8. The second-order valence-corrected chi connectivity index (χ2v) is 8.20. The number of thiazole rings is 1. The molecule has 2 aromatic carbocycles. The van der Waals surface area contributed by atoms with E-state index in [1.54, 1.807) is 12.1 Å².